The van der Waals surface area contributed by atoms with Gasteiger partial charge in [-0.25, -0.2) is 4.39 Å². The first-order valence-corrected chi connectivity index (χ1v) is 6.82. The molecule has 1 aliphatic rings. The molecule has 1 aromatic carbocycles. The maximum atomic E-state index is 12.9. The molecule has 2 aromatic rings. The number of nitrogens with zero attached hydrogens (tertiary/aromatic N) is 2. The van der Waals surface area contributed by atoms with Crippen molar-refractivity contribution in [2.45, 2.75) is 25.3 Å². The van der Waals surface area contributed by atoms with Gasteiger partial charge in [-0.2, -0.15) is 0 Å². The van der Waals surface area contributed by atoms with Crippen LogP contribution < -0.4 is 5.32 Å². The summed E-state index contributed by atoms with van der Waals surface area (Å²) in [5.41, 5.74) is 1.62. The van der Waals surface area contributed by atoms with Crippen LogP contribution in [0.2, 0.25) is 0 Å². The first kappa shape index (κ1) is 12.8. The molecule has 1 heterocycles. The SMILES string of the molecule is Fc1ccc(-c2ccc(NC3CC=CCC3)nn2)cc1. The van der Waals surface area contributed by atoms with E-state index in [4.69, 9.17) is 0 Å². The Morgan fingerprint density at radius 2 is 1.85 bits per heavy atom. The molecule has 102 valence electrons. The molecule has 0 fully saturated rings. The van der Waals surface area contributed by atoms with E-state index < -0.39 is 0 Å². The number of anilines is 1. The van der Waals surface area contributed by atoms with Crippen LogP contribution in [0.5, 0.6) is 0 Å². The fourth-order valence-electron chi connectivity index (χ4n) is 2.32. The monoisotopic (exact) mass is 269 g/mol. The van der Waals surface area contributed by atoms with Crippen LogP contribution >= 0.6 is 0 Å². The Morgan fingerprint density at radius 1 is 1.00 bits per heavy atom. The van der Waals surface area contributed by atoms with E-state index >= 15 is 0 Å². The van der Waals surface area contributed by atoms with Gasteiger partial charge in [0.15, 0.2) is 0 Å². The minimum absolute atomic E-state index is 0.245. The maximum absolute atomic E-state index is 12.9. The van der Waals surface area contributed by atoms with Crippen LogP contribution in [-0.2, 0) is 0 Å². The zero-order valence-corrected chi connectivity index (χ0v) is 11.1. The molecule has 3 nitrogen and oxygen atoms in total. The van der Waals surface area contributed by atoms with Crippen LogP contribution in [0, 0.1) is 5.82 Å². The number of allylic oxidation sites excluding steroid dienone is 1. The molecule has 1 unspecified atom stereocenters. The summed E-state index contributed by atoms with van der Waals surface area (Å²) in [6, 6.07) is 10.5. The molecule has 0 radical (unpaired) electrons. The predicted octanol–water partition coefficient (Wildman–Crippen LogP) is 3.80. The van der Waals surface area contributed by atoms with Gasteiger partial charge < -0.3 is 5.32 Å². The largest absolute Gasteiger partial charge is 0.366 e. The minimum Gasteiger partial charge on any atom is -0.366 e. The number of halogens is 1. The van der Waals surface area contributed by atoms with Gasteiger partial charge in [0.05, 0.1) is 5.69 Å². The molecule has 0 saturated heterocycles. The smallest absolute Gasteiger partial charge is 0.148 e. The van der Waals surface area contributed by atoms with E-state index in [1.54, 1.807) is 12.1 Å². The Kier molecular flexibility index (Phi) is 3.72. The Labute approximate surface area is 117 Å². The number of nitrogens with one attached hydrogen (secondary N) is 1. The summed E-state index contributed by atoms with van der Waals surface area (Å²) in [4.78, 5) is 0. The second-order valence-electron chi connectivity index (χ2n) is 4.94. The van der Waals surface area contributed by atoms with Gasteiger partial charge in [0.2, 0.25) is 0 Å². The summed E-state index contributed by atoms with van der Waals surface area (Å²) >= 11 is 0. The van der Waals surface area contributed by atoms with Crippen LogP contribution in [0.15, 0.2) is 48.6 Å². The van der Waals surface area contributed by atoms with Crippen molar-refractivity contribution in [2.24, 2.45) is 0 Å². The maximum Gasteiger partial charge on any atom is 0.148 e. The van der Waals surface area contributed by atoms with Crippen LogP contribution in [0.25, 0.3) is 11.3 Å². The zero-order chi connectivity index (χ0) is 13.8. The highest BCUT2D eigenvalue weighted by Gasteiger charge is 2.10. The molecule has 20 heavy (non-hydrogen) atoms. The highest BCUT2D eigenvalue weighted by molar-refractivity contribution is 5.59. The van der Waals surface area contributed by atoms with E-state index in [2.05, 4.69) is 27.7 Å². The average Bonchev–Trinajstić information content (AvgIpc) is 2.50. The van der Waals surface area contributed by atoms with Gasteiger partial charge in [0.1, 0.15) is 11.6 Å². The normalized spacial score (nSPS) is 17.9. The lowest BCUT2D eigenvalue weighted by Crippen LogP contribution is -2.21. The molecule has 1 N–H and O–H groups in total. The quantitative estimate of drug-likeness (QED) is 0.861. The van der Waals surface area contributed by atoms with Gasteiger partial charge >= 0.3 is 0 Å². The summed E-state index contributed by atoms with van der Waals surface area (Å²) in [5.74, 6) is 0.543. The number of hydrogen-bond acceptors (Lipinski definition) is 3. The summed E-state index contributed by atoms with van der Waals surface area (Å²) in [7, 11) is 0. The summed E-state index contributed by atoms with van der Waals surface area (Å²) in [6.45, 7) is 0. The van der Waals surface area contributed by atoms with E-state index in [9.17, 15) is 4.39 Å². The van der Waals surface area contributed by atoms with E-state index in [0.29, 0.717) is 6.04 Å². The first-order valence-electron chi connectivity index (χ1n) is 6.82. The second kappa shape index (κ2) is 5.82. The molecular formula is C16H16FN3. The fraction of sp³-hybridized carbons (Fsp3) is 0.250. The van der Waals surface area contributed by atoms with Gasteiger partial charge in [-0.05, 0) is 55.7 Å². The van der Waals surface area contributed by atoms with Gasteiger partial charge in [-0.3, -0.25) is 0 Å². The second-order valence-corrected chi connectivity index (χ2v) is 4.94. The molecule has 1 aromatic heterocycles. The third-order valence-electron chi connectivity index (χ3n) is 3.43. The Morgan fingerprint density at radius 3 is 2.50 bits per heavy atom. The molecule has 3 rings (SSSR count). The number of rotatable bonds is 3. The average molecular weight is 269 g/mol. The van der Waals surface area contributed by atoms with Crippen LogP contribution in [0.3, 0.4) is 0 Å². The van der Waals surface area contributed by atoms with Crippen molar-refractivity contribution in [3.8, 4) is 11.3 Å². The Bertz CT molecular complexity index is 590. The third kappa shape index (κ3) is 3.02. The molecule has 0 spiro atoms. The molecule has 1 aliphatic carbocycles. The first-order chi connectivity index (χ1) is 9.81. The molecule has 0 amide bonds. The molecular weight excluding hydrogens is 253 g/mol. The Balaban J connectivity index is 1.70. The Hall–Kier alpha value is -2.23. The van der Waals surface area contributed by atoms with Crippen LogP contribution in [-0.4, -0.2) is 16.2 Å². The van der Waals surface area contributed by atoms with Crippen molar-refractivity contribution in [1.82, 2.24) is 10.2 Å². The zero-order valence-electron chi connectivity index (χ0n) is 11.1. The van der Waals surface area contributed by atoms with Gasteiger partial charge in [0, 0.05) is 11.6 Å². The highest BCUT2D eigenvalue weighted by Crippen LogP contribution is 2.19. The van der Waals surface area contributed by atoms with Crippen molar-refractivity contribution < 1.29 is 4.39 Å². The number of aromatic nitrogens is 2. The summed E-state index contributed by atoms with van der Waals surface area (Å²) in [5, 5.41) is 11.8. The molecule has 4 heteroatoms. The van der Waals surface area contributed by atoms with Crippen LogP contribution in [0.4, 0.5) is 10.2 Å². The summed E-state index contributed by atoms with van der Waals surface area (Å²) < 4.78 is 12.9. The van der Waals surface area contributed by atoms with E-state index in [0.717, 1.165) is 36.3 Å². The lowest BCUT2D eigenvalue weighted by molar-refractivity contribution is 0.628. The van der Waals surface area contributed by atoms with Gasteiger partial charge in [0.25, 0.3) is 0 Å². The lowest BCUT2D eigenvalue weighted by atomic mass is 10.0. The van der Waals surface area contributed by atoms with Gasteiger partial charge in [-0.15, -0.1) is 10.2 Å². The van der Waals surface area contributed by atoms with Crippen molar-refractivity contribution in [1.29, 1.82) is 0 Å². The van der Waals surface area contributed by atoms with Crippen LogP contribution in [0.1, 0.15) is 19.3 Å². The minimum atomic E-state index is -0.245. The standard InChI is InChI=1S/C16H16FN3/c17-13-8-6-12(7-9-13)15-10-11-16(20-19-15)18-14-4-2-1-3-5-14/h1-2,6-11,14H,3-5H2,(H,18,20). The molecule has 0 saturated carbocycles. The van der Waals surface area contributed by atoms with E-state index in [1.807, 2.05) is 12.1 Å². The van der Waals surface area contributed by atoms with Crippen molar-refractivity contribution in [3.63, 3.8) is 0 Å². The van der Waals surface area contributed by atoms with Crippen molar-refractivity contribution >= 4 is 5.82 Å². The highest BCUT2D eigenvalue weighted by atomic mass is 19.1. The molecule has 0 bridgehead atoms. The third-order valence-corrected chi connectivity index (χ3v) is 3.43. The molecule has 0 aliphatic heterocycles. The predicted molar refractivity (Wildman–Crippen MR) is 77.8 cm³/mol. The van der Waals surface area contributed by atoms with E-state index in [1.165, 1.54) is 12.1 Å². The summed E-state index contributed by atoms with van der Waals surface area (Å²) in [6.07, 6.45) is 7.67. The number of benzene rings is 1. The lowest BCUT2D eigenvalue weighted by Gasteiger charge is -2.19. The number of hydrogen-bond donors (Lipinski definition) is 1. The van der Waals surface area contributed by atoms with Gasteiger partial charge in [-0.1, -0.05) is 12.2 Å². The molecule has 1 atom stereocenters. The fourth-order valence-corrected chi connectivity index (χ4v) is 2.32. The van der Waals surface area contributed by atoms with E-state index in [-0.39, 0.29) is 5.82 Å². The van der Waals surface area contributed by atoms with Crippen molar-refractivity contribution in [2.75, 3.05) is 5.32 Å². The topological polar surface area (TPSA) is 37.8 Å². The van der Waals surface area contributed by atoms with Crippen molar-refractivity contribution in [3.05, 3.63) is 54.4 Å².